The van der Waals surface area contributed by atoms with E-state index in [1.807, 2.05) is 31.2 Å². The third-order valence-corrected chi connectivity index (χ3v) is 3.99. The van der Waals surface area contributed by atoms with Gasteiger partial charge in [-0.3, -0.25) is 4.99 Å². The van der Waals surface area contributed by atoms with E-state index in [2.05, 4.69) is 15.6 Å². The predicted octanol–water partition coefficient (Wildman–Crippen LogP) is 4.19. The summed E-state index contributed by atoms with van der Waals surface area (Å²) in [5.41, 5.74) is 1.61. The highest BCUT2D eigenvalue weighted by Crippen LogP contribution is 2.32. The Morgan fingerprint density at radius 1 is 1.14 bits per heavy atom. The Morgan fingerprint density at radius 2 is 1.93 bits per heavy atom. The molecule has 0 fully saturated rings. The van der Waals surface area contributed by atoms with Gasteiger partial charge in [0.15, 0.2) is 29.0 Å². The summed E-state index contributed by atoms with van der Waals surface area (Å²) in [4.78, 5) is 4.20. The average Bonchev–Trinajstić information content (AvgIpc) is 2.92. The number of guanidine groups is 1. The van der Waals surface area contributed by atoms with Gasteiger partial charge < -0.3 is 24.8 Å². The van der Waals surface area contributed by atoms with Gasteiger partial charge in [-0.05, 0) is 36.8 Å². The van der Waals surface area contributed by atoms with Crippen molar-refractivity contribution in [3.63, 3.8) is 0 Å². The van der Waals surface area contributed by atoms with Crippen LogP contribution in [0.5, 0.6) is 17.2 Å². The zero-order valence-corrected chi connectivity index (χ0v) is 18.3. The van der Waals surface area contributed by atoms with Crippen LogP contribution in [0.3, 0.4) is 0 Å². The Labute approximate surface area is 181 Å². The quantitative estimate of drug-likeness (QED) is 0.366. The zero-order chi connectivity index (χ0) is 19.1. The van der Waals surface area contributed by atoms with E-state index in [1.165, 1.54) is 6.07 Å². The van der Waals surface area contributed by atoms with Crippen molar-refractivity contribution < 1.29 is 18.6 Å². The number of aliphatic imine (C=N–C) groups is 1. The number of halogens is 2. The van der Waals surface area contributed by atoms with Crippen molar-refractivity contribution in [2.75, 3.05) is 32.2 Å². The fraction of sp³-hybridized carbons (Fsp3) is 0.350. The second-order valence-corrected chi connectivity index (χ2v) is 5.96. The molecule has 0 saturated carbocycles. The fourth-order valence-corrected chi connectivity index (χ4v) is 2.67. The van der Waals surface area contributed by atoms with Gasteiger partial charge in [0.1, 0.15) is 0 Å². The standard InChI is InChI=1S/C20H24FN3O3.HI/c1-3-25-17-7-5-14(11-16(17)21)13-23-20(22-2)24-15-6-8-18-19(12-15)27-10-4-9-26-18;/h5-8,11-12H,3-4,9-10,13H2,1-2H3,(H2,22,23,24);1H. The lowest BCUT2D eigenvalue weighted by Gasteiger charge is -2.14. The second kappa shape index (κ2) is 10.9. The van der Waals surface area contributed by atoms with Gasteiger partial charge in [-0.25, -0.2) is 4.39 Å². The van der Waals surface area contributed by atoms with Gasteiger partial charge in [-0.15, -0.1) is 24.0 Å². The monoisotopic (exact) mass is 501 g/mol. The number of hydrogen-bond donors (Lipinski definition) is 2. The molecule has 28 heavy (non-hydrogen) atoms. The smallest absolute Gasteiger partial charge is 0.195 e. The Balaban J connectivity index is 0.00000280. The molecule has 6 nitrogen and oxygen atoms in total. The summed E-state index contributed by atoms with van der Waals surface area (Å²) < 4.78 is 30.5. The molecule has 8 heteroatoms. The molecule has 0 amide bonds. The highest BCUT2D eigenvalue weighted by molar-refractivity contribution is 14.0. The molecule has 2 aromatic carbocycles. The predicted molar refractivity (Wildman–Crippen MR) is 119 cm³/mol. The lowest BCUT2D eigenvalue weighted by atomic mass is 10.2. The summed E-state index contributed by atoms with van der Waals surface area (Å²) in [7, 11) is 1.68. The molecular formula is C20H25FIN3O3. The van der Waals surface area contributed by atoms with Crippen LogP contribution in [0, 0.1) is 5.82 Å². The lowest BCUT2D eigenvalue weighted by molar-refractivity contribution is 0.297. The molecule has 0 bridgehead atoms. The number of hydrogen-bond acceptors (Lipinski definition) is 4. The van der Waals surface area contributed by atoms with Crippen LogP contribution in [0.4, 0.5) is 10.1 Å². The minimum absolute atomic E-state index is 0. The summed E-state index contributed by atoms with van der Waals surface area (Å²) >= 11 is 0. The van der Waals surface area contributed by atoms with Gasteiger partial charge in [0.2, 0.25) is 0 Å². The maximum absolute atomic E-state index is 14.0. The molecule has 2 aromatic rings. The van der Waals surface area contributed by atoms with E-state index in [1.54, 1.807) is 13.1 Å². The van der Waals surface area contributed by atoms with Crippen LogP contribution in [-0.4, -0.2) is 32.8 Å². The molecule has 1 aliphatic rings. The molecule has 0 radical (unpaired) electrons. The first-order valence-electron chi connectivity index (χ1n) is 8.98. The number of benzene rings is 2. The van der Waals surface area contributed by atoms with Crippen LogP contribution in [0.1, 0.15) is 18.9 Å². The van der Waals surface area contributed by atoms with E-state index >= 15 is 0 Å². The molecule has 0 unspecified atom stereocenters. The van der Waals surface area contributed by atoms with Gasteiger partial charge in [0.25, 0.3) is 0 Å². The van der Waals surface area contributed by atoms with Gasteiger partial charge >= 0.3 is 0 Å². The largest absolute Gasteiger partial charge is 0.491 e. The number of fused-ring (bicyclic) bond motifs is 1. The first-order valence-corrected chi connectivity index (χ1v) is 8.98. The first-order chi connectivity index (χ1) is 13.2. The number of anilines is 1. The molecule has 2 N–H and O–H groups in total. The molecule has 0 aliphatic carbocycles. The van der Waals surface area contributed by atoms with Crippen molar-refractivity contribution in [3.8, 4) is 17.2 Å². The van der Waals surface area contributed by atoms with Crippen molar-refractivity contribution in [2.45, 2.75) is 19.9 Å². The second-order valence-electron chi connectivity index (χ2n) is 5.96. The van der Waals surface area contributed by atoms with Crippen LogP contribution < -0.4 is 24.8 Å². The van der Waals surface area contributed by atoms with Crippen LogP contribution in [0.15, 0.2) is 41.4 Å². The van der Waals surface area contributed by atoms with E-state index in [0.717, 1.165) is 23.4 Å². The van der Waals surface area contributed by atoms with Crippen molar-refractivity contribution >= 4 is 35.6 Å². The van der Waals surface area contributed by atoms with Crippen LogP contribution >= 0.6 is 24.0 Å². The normalized spacial score (nSPS) is 13.2. The number of rotatable bonds is 5. The molecular weight excluding hydrogens is 476 g/mol. The molecule has 0 atom stereocenters. The third-order valence-electron chi connectivity index (χ3n) is 3.99. The summed E-state index contributed by atoms with van der Waals surface area (Å²) in [6.07, 6.45) is 0.860. The Hall–Kier alpha value is -2.23. The molecule has 0 aromatic heterocycles. The summed E-state index contributed by atoms with van der Waals surface area (Å²) in [5.74, 6) is 1.91. The Morgan fingerprint density at radius 3 is 2.64 bits per heavy atom. The highest BCUT2D eigenvalue weighted by atomic mass is 127. The van der Waals surface area contributed by atoms with E-state index in [-0.39, 0.29) is 35.5 Å². The molecule has 0 spiro atoms. The van der Waals surface area contributed by atoms with Gasteiger partial charge in [-0.1, -0.05) is 6.07 Å². The van der Waals surface area contributed by atoms with Crippen LogP contribution in [-0.2, 0) is 6.54 Å². The SMILES string of the molecule is CCOc1ccc(CNC(=NC)Nc2ccc3c(c2)OCCCO3)cc1F.I. The van der Waals surface area contributed by atoms with E-state index in [0.29, 0.717) is 38.1 Å². The summed E-state index contributed by atoms with van der Waals surface area (Å²) in [6.45, 7) is 3.97. The summed E-state index contributed by atoms with van der Waals surface area (Å²) in [6, 6.07) is 10.6. The van der Waals surface area contributed by atoms with Crippen molar-refractivity contribution in [1.29, 1.82) is 0 Å². The summed E-state index contributed by atoms with van der Waals surface area (Å²) in [5, 5.41) is 6.37. The number of nitrogens with one attached hydrogen (secondary N) is 2. The highest BCUT2D eigenvalue weighted by Gasteiger charge is 2.11. The number of ether oxygens (including phenoxy) is 3. The maximum Gasteiger partial charge on any atom is 0.195 e. The van der Waals surface area contributed by atoms with E-state index in [4.69, 9.17) is 14.2 Å². The molecule has 152 valence electrons. The maximum atomic E-state index is 14.0. The van der Waals surface area contributed by atoms with E-state index < -0.39 is 0 Å². The Kier molecular flexibility index (Phi) is 8.62. The molecule has 1 aliphatic heterocycles. The average molecular weight is 501 g/mol. The first kappa shape index (κ1) is 22.1. The lowest BCUT2D eigenvalue weighted by Crippen LogP contribution is -2.30. The van der Waals surface area contributed by atoms with Crippen LogP contribution in [0.25, 0.3) is 0 Å². The van der Waals surface area contributed by atoms with Crippen molar-refractivity contribution in [3.05, 3.63) is 47.8 Å². The van der Waals surface area contributed by atoms with Crippen molar-refractivity contribution in [1.82, 2.24) is 5.32 Å². The molecule has 0 saturated heterocycles. The van der Waals surface area contributed by atoms with Gasteiger partial charge in [0.05, 0.1) is 19.8 Å². The van der Waals surface area contributed by atoms with Crippen LogP contribution in [0.2, 0.25) is 0 Å². The minimum atomic E-state index is -0.373. The van der Waals surface area contributed by atoms with Gasteiger partial charge in [0, 0.05) is 31.8 Å². The van der Waals surface area contributed by atoms with Gasteiger partial charge in [-0.2, -0.15) is 0 Å². The molecule has 1 heterocycles. The third kappa shape index (κ3) is 5.88. The Bertz CT molecular complexity index is 817. The zero-order valence-electron chi connectivity index (χ0n) is 16.0. The van der Waals surface area contributed by atoms with E-state index in [9.17, 15) is 4.39 Å². The topological polar surface area (TPSA) is 64.1 Å². The minimum Gasteiger partial charge on any atom is -0.491 e. The molecule has 3 rings (SSSR count). The van der Waals surface area contributed by atoms with Crippen molar-refractivity contribution in [2.24, 2.45) is 4.99 Å². The number of nitrogens with zero attached hydrogens (tertiary/aromatic N) is 1. The fourth-order valence-electron chi connectivity index (χ4n) is 2.67.